The summed E-state index contributed by atoms with van der Waals surface area (Å²) in [5.74, 6) is 0.173. The van der Waals surface area contributed by atoms with Crippen molar-refractivity contribution in [2.45, 2.75) is 17.3 Å². The molecule has 1 heterocycles. The number of carbonyl (C=O) groups is 1. The molecular formula is C14H14N4O4S. The summed E-state index contributed by atoms with van der Waals surface area (Å²) in [7, 11) is 1.51. The second-order valence-electron chi connectivity index (χ2n) is 4.61. The van der Waals surface area contributed by atoms with Crippen LogP contribution in [0.25, 0.3) is 0 Å². The molecule has 23 heavy (non-hydrogen) atoms. The molecule has 2 rings (SSSR count). The Bertz CT molecular complexity index is 790. The summed E-state index contributed by atoms with van der Waals surface area (Å²) in [6.45, 7) is 0. The zero-order valence-electron chi connectivity index (χ0n) is 12.2. The van der Waals surface area contributed by atoms with Gasteiger partial charge in [-0.05, 0) is 5.56 Å². The Labute approximate surface area is 135 Å². The van der Waals surface area contributed by atoms with E-state index in [2.05, 4.69) is 15.3 Å². The van der Waals surface area contributed by atoms with E-state index < -0.39 is 4.92 Å². The minimum atomic E-state index is -0.460. The third-order valence-corrected chi connectivity index (χ3v) is 3.83. The summed E-state index contributed by atoms with van der Waals surface area (Å²) in [6, 6.07) is 7.52. The molecule has 0 unspecified atom stereocenters. The maximum Gasteiger partial charge on any atom is 0.269 e. The lowest BCUT2D eigenvalue weighted by Crippen LogP contribution is -2.22. The Morgan fingerprint density at radius 1 is 1.43 bits per heavy atom. The van der Waals surface area contributed by atoms with Crippen molar-refractivity contribution in [2.75, 3.05) is 7.05 Å². The Morgan fingerprint density at radius 2 is 2.22 bits per heavy atom. The number of hydrogen-bond acceptors (Lipinski definition) is 6. The molecule has 2 N–H and O–H groups in total. The molecule has 9 heteroatoms. The Kier molecular flexibility index (Phi) is 5.47. The predicted molar refractivity (Wildman–Crippen MR) is 85.3 cm³/mol. The molecule has 0 atom stereocenters. The number of hydrogen-bond donors (Lipinski definition) is 2. The summed E-state index contributed by atoms with van der Waals surface area (Å²) in [6.07, 6.45) is 0.0186. The minimum absolute atomic E-state index is 0.0120. The number of nitro benzene ring substituents is 1. The number of H-pyrrole nitrogens is 1. The van der Waals surface area contributed by atoms with E-state index in [4.69, 9.17) is 0 Å². The minimum Gasteiger partial charge on any atom is -0.359 e. The van der Waals surface area contributed by atoms with Gasteiger partial charge in [0.15, 0.2) is 5.16 Å². The van der Waals surface area contributed by atoms with Gasteiger partial charge in [0.25, 0.3) is 11.2 Å². The first-order chi connectivity index (χ1) is 11.0. The van der Waals surface area contributed by atoms with Crippen LogP contribution in [-0.2, 0) is 17.0 Å². The number of nitro groups is 1. The van der Waals surface area contributed by atoms with E-state index >= 15 is 0 Å². The highest BCUT2D eigenvalue weighted by atomic mass is 32.2. The van der Waals surface area contributed by atoms with Gasteiger partial charge in [-0.2, -0.15) is 0 Å². The molecule has 0 saturated heterocycles. The number of non-ortho nitro benzene ring substituents is 1. The third-order valence-electron chi connectivity index (χ3n) is 2.89. The SMILES string of the molecule is CNC(=O)Cc1cc(=O)[nH]c(SCc2cccc([N+](=O)[O-])c2)n1. The highest BCUT2D eigenvalue weighted by Gasteiger charge is 2.09. The predicted octanol–water partition coefficient (Wildman–Crippen LogP) is 1.26. The van der Waals surface area contributed by atoms with Crippen LogP contribution in [0.4, 0.5) is 5.69 Å². The fraction of sp³-hybridized carbons (Fsp3) is 0.214. The average Bonchev–Trinajstić information content (AvgIpc) is 2.52. The third kappa shape index (κ3) is 4.92. The Hall–Kier alpha value is -2.68. The van der Waals surface area contributed by atoms with E-state index in [1.807, 2.05) is 0 Å². The molecule has 1 aromatic heterocycles. The van der Waals surface area contributed by atoms with Crippen molar-refractivity contribution in [2.24, 2.45) is 0 Å². The monoisotopic (exact) mass is 334 g/mol. The molecule has 0 fully saturated rings. The highest BCUT2D eigenvalue weighted by Crippen LogP contribution is 2.21. The lowest BCUT2D eigenvalue weighted by atomic mass is 10.2. The number of amides is 1. The van der Waals surface area contributed by atoms with Crippen LogP contribution < -0.4 is 10.9 Å². The van der Waals surface area contributed by atoms with Crippen LogP contribution in [0.1, 0.15) is 11.3 Å². The summed E-state index contributed by atoms with van der Waals surface area (Å²) in [5.41, 5.74) is 0.775. The van der Waals surface area contributed by atoms with Gasteiger partial charge in [0.05, 0.1) is 17.0 Å². The highest BCUT2D eigenvalue weighted by molar-refractivity contribution is 7.98. The van der Waals surface area contributed by atoms with Crippen molar-refractivity contribution in [3.63, 3.8) is 0 Å². The van der Waals surface area contributed by atoms with Crippen LogP contribution in [0.15, 0.2) is 40.3 Å². The average molecular weight is 334 g/mol. The number of nitrogens with zero attached hydrogens (tertiary/aromatic N) is 2. The van der Waals surface area contributed by atoms with E-state index in [1.165, 1.54) is 37.0 Å². The summed E-state index contributed by atoms with van der Waals surface area (Å²) >= 11 is 1.24. The lowest BCUT2D eigenvalue weighted by molar-refractivity contribution is -0.384. The number of carbonyl (C=O) groups excluding carboxylic acids is 1. The van der Waals surface area contributed by atoms with Gasteiger partial charge in [0.1, 0.15) is 0 Å². The molecule has 120 valence electrons. The number of rotatable bonds is 6. The molecule has 8 nitrogen and oxygen atoms in total. The van der Waals surface area contributed by atoms with E-state index in [0.29, 0.717) is 16.6 Å². The Balaban J connectivity index is 2.11. The fourth-order valence-electron chi connectivity index (χ4n) is 1.81. The number of likely N-dealkylation sites (N-methyl/N-ethyl adjacent to an activating group) is 1. The van der Waals surface area contributed by atoms with Gasteiger partial charge in [-0.15, -0.1) is 0 Å². The molecule has 0 aliphatic carbocycles. The van der Waals surface area contributed by atoms with E-state index in [1.54, 1.807) is 12.1 Å². The standard InChI is InChI=1S/C14H14N4O4S/c1-15-12(19)6-10-7-13(20)17-14(16-10)23-8-9-3-2-4-11(5-9)18(21)22/h2-5,7H,6,8H2,1H3,(H,15,19)(H,16,17,20). The molecule has 0 bridgehead atoms. The van der Waals surface area contributed by atoms with Crippen molar-refractivity contribution in [3.05, 3.63) is 62.1 Å². The normalized spacial score (nSPS) is 10.3. The zero-order chi connectivity index (χ0) is 16.8. The van der Waals surface area contributed by atoms with Gasteiger partial charge in [-0.25, -0.2) is 4.98 Å². The second-order valence-corrected chi connectivity index (χ2v) is 5.57. The number of nitrogens with one attached hydrogen (secondary N) is 2. The quantitative estimate of drug-likeness (QED) is 0.355. The maximum absolute atomic E-state index is 11.6. The number of aromatic amines is 1. The number of aromatic nitrogens is 2. The van der Waals surface area contributed by atoms with Crippen LogP contribution >= 0.6 is 11.8 Å². The first-order valence-corrected chi connectivity index (χ1v) is 7.63. The van der Waals surface area contributed by atoms with Crippen molar-refractivity contribution >= 4 is 23.4 Å². The van der Waals surface area contributed by atoms with Crippen LogP contribution in [0.5, 0.6) is 0 Å². The van der Waals surface area contributed by atoms with Gasteiger partial charge in [-0.3, -0.25) is 19.7 Å². The first kappa shape index (κ1) is 16.7. The van der Waals surface area contributed by atoms with Gasteiger partial charge in [0, 0.05) is 31.0 Å². The van der Waals surface area contributed by atoms with Crippen LogP contribution in [-0.4, -0.2) is 27.8 Å². The van der Waals surface area contributed by atoms with Gasteiger partial charge in [0.2, 0.25) is 5.91 Å². The molecule has 2 aromatic rings. The lowest BCUT2D eigenvalue weighted by Gasteiger charge is -2.04. The van der Waals surface area contributed by atoms with E-state index in [0.717, 1.165) is 5.56 Å². The largest absolute Gasteiger partial charge is 0.359 e. The van der Waals surface area contributed by atoms with E-state index in [9.17, 15) is 19.7 Å². The molecular weight excluding hydrogens is 320 g/mol. The molecule has 0 radical (unpaired) electrons. The van der Waals surface area contributed by atoms with Crippen LogP contribution in [0, 0.1) is 10.1 Å². The smallest absolute Gasteiger partial charge is 0.269 e. The van der Waals surface area contributed by atoms with Gasteiger partial charge < -0.3 is 10.3 Å². The number of benzene rings is 1. The molecule has 1 amide bonds. The first-order valence-electron chi connectivity index (χ1n) is 6.65. The Morgan fingerprint density at radius 3 is 2.91 bits per heavy atom. The fourth-order valence-corrected chi connectivity index (χ4v) is 2.64. The topological polar surface area (TPSA) is 118 Å². The van der Waals surface area contributed by atoms with E-state index in [-0.39, 0.29) is 23.6 Å². The van der Waals surface area contributed by atoms with Crippen LogP contribution in [0.3, 0.4) is 0 Å². The molecule has 0 aliphatic heterocycles. The van der Waals surface area contributed by atoms with Gasteiger partial charge >= 0.3 is 0 Å². The van der Waals surface area contributed by atoms with Crippen molar-refractivity contribution in [3.8, 4) is 0 Å². The van der Waals surface area contributed by atoms with Crippen molar-refractivity contribution in [1.29, 1.82) is 0 Å². The van der Waals surface area contributed by atoms with Crippen LogP contribution in [0.2, 0.25) is 0 Å². The van der Waals surface area contributed by atoms with Crippen molar-refractivity contribution in [1.82, 2.24) is 15.3 Å². The summed E-state index contributed by atoms with van der Waals surface area (Å²) < 4.78 is 0. The molecule has 0 aliphatic rings. The van der Waals surface area contributed by atoms with Gasteiger partial charge in [-0.1, -0.05) is 23.9 Å². The van der Waals surface area contributed by atoms with Crippen molar-refractivity contribution < 1.29 is 9.72 Å². The second kappa shape index (κ2) is 7.54. The maximum atomic E-state index is 11.6. The zero-order valence-corrected chi connectivity index (χ0v) is 13.1. The number of thioether (sulfide) groups is 1. The molecule has 0 spiro atoms. The molecule has 0 saturated carbocycles. The molecule has 1 aromatic carbocycles. The summed E-state index contributed by atoms with van der Waals surface area (Å²) in [4.78, 5) is 40.0. The summed E-state index contributed by atoms with van der Waals surface area (Å²) in [5, 5.41) is 13.6.